The number of amides is 2. The molecule has 2 aliphatic rings. The van der Waals surface area contributed by atoms with Crippen LogP contribution in [0.3, 0.4) is 0 Å². The molecule has 2 fully saturated rings. The van der Waals surface area contributed by atoms with Crippen molar-refractivity contribution in [2.24, 2.45) is 0 Å². The minimum atomic E-state index is -0.893. The first-order valence-corrected chi connectivity index (χ1v) is 10.5. The molecule has 2 atom stereocenters. The summed E-state index contributed by atoms with van der Waals surface area (Å²) in [7, 11) is -0.893. The number of hydrogen-bond donors (Lipinski definition) is 1. The Kier molecular flexibility index (Phi) is 5.54. The van der Waals surface area contributed by atoms with Gasteiger partial charge in [-0.05, 0) is 43.4 Å². The van der Waals surface area contributed by atoms with Gasteiger partial charge in [0.15, 0.2) is 0 Å². The fourth-order valence-electron chi connectivity index (χ4n) is 3.76. The second-order valence-electron chi connectivity index (χ2n) is 6.99. The molecular formula is C18H27N3O2S. The Hall–Kier alpha value is -1.43. The van der Waals surface area contributed by atoms with Crippen LogP contribution < -0.4 is 5.32 Å². The molecule has 1 aliphatic carbocycles. The lowest BCUT2D eigenvalue weighted by atomic mass is 9.84. The first kappa shape index (κ1) is 17.4. The molecule has 1 saturated heterocycles. The van der Waals surface area contributed by atoms with Crippen LogP contribution in [0.5, 0.6) is 0 Å². The van der Waals surface area contributed by atoms with Crippen molar-refractivity contribution in [3.63, 3.8) is 0 Å². The molecule has 0 radical (unpaired) electrons. The number of nitrogens with one attached hydrogen (secondary N) is 1. The van der Waals surface area contributed by atoms with Gasteiger partial charge in [-0.25, -0.2) is 4.79 Å². The van der Waals surface area contributed by atoms with Gasteiger partial charge in [0.25, 0.3) is 0 Å². The second-order valence-corrected chi connectivity index (χ2v) is 8.76. The topological polar surface area (TPSA) is 62.3 Å². The van der Waals surface area contributed by atoms with E-state index in [9.17, 15) is 9.00 Å². The van der Waals surface area contributed by atoms with E-state index in [2.05, 4.69) is 10.3 Å². The average Bonchev–Trinajstić information content (AvgIpc) is 2.80. The molecule has 1 aliphatic heterocycles. The van der Waals surface area contributed by atoms with E-state index in [1.165, 1.54) is 0 Å². The molecule has 1 aromatic rings. The Bertz CT molecular complexity index is 589. The zero-order valence-corrected chi connectivity index (χ0v) is 15.2. The van der Waals surface area contributed by atoms with Crippen LogP contribution in [0.15, 0.2) is 24.5 Å². The predicted octanol–water partition coefficient (Wildman–Crippen LogP) is 3.01. The minimum absolute atomic E-state index is 0.0181. The third kappa shape index (κ3) is 3.63. The normalized spacial score (nSPS) is 24.5. The van der Waals surface area contributed by atoms with Gasteiger partial charge in [0.1, 0.15) is 0 Å². The molecule has 0 spiro atoms. The van der Waals surface area contributed by atoms with Crippen LogP contribution in [0.25, 0.3) is 0 Å². The van der Waals surface area contributed by atoms with E-state index < -0.39 is 10.8 Å². The van der Waals surface area contributed by atoms with Crippen LogP contribution in [0.1, 0.15) is 56.6 Å². The monoisotopic (exact) mass is 349 g/mol. The fraction of sp³-hybridized carbons (Fsp3) is 0.667. The van der Waals surface area contributed by atoms with Gasteiger partial charge in [0, 0.05) is 42.5 Å². The first-order chi connectivity index (χ1) is 11.6. The number of carbonyl (C=O) groups is 1. The van der Waals surface area contributed by atoms with E-state index in [0.29, 0.717) is 6.54 Å². The third-order valence-corrected chi connectivity index (χ3v) is 7.31. The van der Waals surface area contributed by atoms with Crippen LogP contribution in [-0.2, 0) is 10.8 Å². The van der Waals surface area contributed by atoms with Crippen molar-refractivity contribution in [3.8, 4) is 0 Å². The Morgan fingerprint density at radius 3 is 2.67 bits per heavy atom. The number of hydrogen-bond acceptors (Lipinski definition) is 3. The second kappa shape index (κ2) is 7.64. The van der Waals surface area contributed by atoms with Crippen molar-refractivity contribution in [2.75, 3.05) is 19.3 Å². The smallest absolute Gasteiger partial charge is 0.317 e. The molecule has 2 heterocycles. The molecule has 132 valence electrons. The first-order valence-electron chi connectivity index (χ1n) is 8.90. The highest BCUT2D eigenvalue weighted by molar-refractivity contribution is 7.85. The summed E-state index contributed by atoms with van der Waals surface area (Å²) in [4.78, 5) is 18.9. The van der Waals surface area contributed by atoms with E-state index in [1.807, 2.05) is 17.0 Å². The molecule has 1 N–H and O–H groups in total. The SMILES string of the molecule is C[S@](=O)C1(CNC(=O)N2CCCCC[C@H]2c2ccncc2)CCC1. The number of urea groups is 1. The van der Waals surface area contributed by atoms with E-state index in [1.54, 1.807) is 18.6 Å². The quantitative estimate of drug-likeness (QED) is 0.909. The Balaban J connectivity index is 1.69. The molecule has 5 nitrogen and oxygen atoms in total. The maximum absolute atomic E-state index is 12.8. The summed E-state index contributed by atoms with van der Waals surface area (Å²) in [6.07, 6.45) is 12.7. The molecule has 2 amide bonds. The van der Waals surface area contributed by atoms with Gasteiger partial charge in [-0.2, -0.15) is 0 Å². The highest BCUT2D eigenvalue weighted by atomic mass is 32.2. The number of rotatable bonds is 4. The summed E-state index contributed by atoms with van der Waals surface area (Å²) in [5, 5.41) is 3.08. The molecule has 0 aromatic carbocycles. The highest BCUT2D eigenvalue weighted by Crippen LogP contribution is 2.36. The van der Waals surface area contributed by atoms with E-state index in [4.69, 9.17) is 0 Å². The molecule has 0 unspecified atom stereocenters. The van der Waals surface area contributed by atoms with Crippen molar-refractivity contribution in [1.82, 2.24) is 15.2 Å². The lowest BCUT2D eigenvalue weighted by molar-refractivity contribution is 0.172. The predicted molar refractivity (Wildman–Crippen MR) is 96.2 cm³/mol. The Morgan fingerprint density at radius 2 is 2.04 bits per heavy atom. The molecule has 3 rings (SSSR count). The van der Waals surface area contributed by atoms with Crippen LogP contribution >= 0.6 is 0 Å². The van der Waals surface area contributed by atoms with Crippen LogP contribution in [0.2, 0.25) is 0 Å². The van der Waals surface area contributed by atoms with Gasteiger partial charge in [0.2, 0.25) is 0 Å². The van der Waals surface area contributed by atoms with E-state index >= 15 is 0 Å². The van der Waals surface area contributed by atoms with Crippen molar-refractivity contribution in [2.45, 2.75) is 55.7 Å². The van der Waals surface area contributed by atoms with Gasteiger partial charge in [0.05, 0.1) is 10.8 Å². The van der Waals surface area contributed by atoms with Crippen molar-refractivity contribution in [1.29, 1.82) is 0 Å². The number of pyridine rings is 1. The summed E-state index contributed by atoms with van der Waals surface area (Å²) in [6, 6.07) is 4.10. The largest absolute Gasteiger partial charge is 0.336 e. The maximum atomic E-state index is 12.8. The van der Waals surface area contributed by atoms with E-state index in [0.717, 1.165) is 57.1 Å². The standard InChI is InChI=1S/C18H27N3O2S/c1-24(23)18(9-5-10-18)14-20-17(22)21-13-4-2-3-6-16(21)15-7-11-19-12-8-15/h7-8,11-12,16H,2-6,9-10,13-14H2,1H3,(H,20,22)/t16-,24-/m0/s1. The fourth-order valence-corrected chi connectivity index (χ4v) is 4.90. The van der Waals surface area contributed by atoms with Gasteiger partial charge in [-0.15, -0.1) is 0 Å². The molecular weight excluding hydrogens is 322 g/mol. The molecule has 0 bridgehead atoms. The number of carbonyl (C=O) groups excluding carboxylic acids is 1. The highest BCUT2D eigenvalue weighted by Gasteiger charge is 2.41. The van der Waals surface area contributed by atoms with Crippen LogP contribution in [0, 0.1) is 0 Å². The summed E-state index contributed by atoms with van der Waals surface area (Å²) < 4.78 is 11.8. The Morgan fingerprint density at radius 1 is 1.29 bits per heavy atom. The van der Waals surface area contributed by atoms with E-state index in [-0.39, 0.29) is 16.8 Å². The lowest BCUT2D eigenvalue weighted by Crippen LogP contribution is -2.53. The summed E-state index contributed by atoms with van der Waals surface area (Å²) >= 11 is 0. The summed E-state index contributed by atoms with van der Waals surface area (Å²) in [6.45, 7) is 1.30. The van der Waals surface area contributed by atoms with Gasteiger partial charge in [-0.1, -0.05) is 19.3 Å². The molecule has 1 saturated carbocycles. The van der Waals surface area contributed by atoms with Crippen LogP contribution in [-0.4, -0.2) is 44.2 Å². The Labute approximate surface area is 146 Å². The average molecular weight is 350 g/mol. The number of aromatic nitrogens is 1. The van der Waals surface area contributed by atoms with Crippen molar-refractivity contribution < 1.29 is 9.00 Å². The maximum Gasteiger partial charge on any atom is 0.317 e. The molecule has 6 heteroatoms. The van der Waals surface area contributed by atoms with Crippen LogP contribution in [0.4, 0.5) is 4.79 Å². The molecule has 1 aromatic heterocycles. The minimum Gasteiger partial charge on any atom is -0.336 e. The van der Waals surface area contributed by atoms with Crippen molar-refractivity contribution >= 4 is 16.8 Å². The summed E-state index contributed by atoms with van der Waals surface area (Å²) in [5.41, 5.74) is 1.15. The lowest BCUT2D eigenvalue weighted by Gasteiger charge is -2.40. The number of nitrogens with zero attached hydrogens (tertiary/aromatic N) is 2. The van der Waals surface area contributed by atoms with Gasteiger partial charge >= 0.3 is 6.03 Å². The zero-order valence-electron chi connectivity index (χ0n) is 14.4. The zero-order chi connectivity index (χ0) is 17.0. The third-order valence-electron chi connectivity index (χ3n) is 5.54. The van der Waals surface area contributed by atoms with Crippen molar-refractivity contribution in [3.05, 3.63) is 30.1 Å². The number of likely N-dealkylation sites (tertiary alicyclic amines) is 1. The van der Waals surface area contributed by atoms with Gasteiger partial charge in [-0.3, -0.25) is 9.19 Å². The van der Waals surface area contributed by atoms with Gasteiger partial charge < -0.3 is 10.2 Å². The summed E-state index contributed by atoms with van der Waals surface area (Å²) in [5.74, 6) is 0. The molecule has 24 heavy (non-hydrogen) atoms.